The standard InChI is InChI=1S/C18H26ClN3O4/c1-4-5-6-7-10-20-18(24)16(12(2)3)21-17(23)14-9-8-13(22(25)26)11-15(14)19/h8-9,11-12,16H,4-7,10H2,1-3H3,(H,20,24)(H,21,23). The average molecular weight is 384 g/mol. The molecule has 8 heteroatoms. The quantitative estimate of drug-likeness (QED) is 0.365. The van der Waals surface area contributed by atoms with Gasteiger partial charge in [0.05, 0.1) is 15.5 Å². The molecule has 0 aliphatic rings. The second-order valence-corrected chi connectivity index (χ2v) is 6.88. The van der Waals surface area contributed by atoms with Crippen molar-refractivity contribution in [3.8, 4) is 0 Å². The summed E-state index contributed by atoms with van der Waals surface area (Å²) >= 11 is 5.98. The summed E-state index contributed by atoms with van der Waals surface area (Å²) in [6, 6.07) is 2.91. The van der Waals surface area contributed by atoms with Crippen molar-refractivity contribution in [2.45, 2.75) is 52.5 Å². The molecule has 1 rings (SSSR count). The van der Waals surface area contributed by atoms with Crippen LogP contribution in [0.5, 0.6) is 0 Å². The second kappa shape index (κ2) is 10.8. The summed E-state index contributed by atoms with van der Waals surface area (Å²) in [6.45, 7) is 6.35. The number of halogens is 1. The molecule has 0 spiro atoms. The van der Waals surface area contributed by atoms with Gasteiger partial charge in [-0.1, -0.05) is 51.6 Å². The third kappa shape index (κ3) is 6.63. The molecule has 1 unspecified atom stereocenters. The number of carbonyl (C=O) groups excluding carboxylic acids is 2. The zero-order valence-corrected chi connectivity index (χ0v) is 16.1. The van der Waals surface area contributed by atoms with E-state index in [-0.39, 0.29) is 28.1 Å². The molecule has 1 aromatic carbocycles. The van der Waals surface area contributed by atoms with Gasteiger partial charge in [0.2, 0.25) is 5.91 Å². The van der Waals surface area contributed by atoms with Gasteiger partial charge in [0, 0.05) is 18.7 Å². The first-order chi connectivity index (χ1) is 12.3. The first-order valence-corrected chi connectivity index (χ1v) is 9.18. The van der Waals surface area contributed by atoms with Crippen LogP contribution in [-0.2, 0) is 4.79 Å². The lowest BCUT2D eigenvalue weighted by molar-refractivity contribution is -0.384. The van der Waals surface area contributed by atoms with Crippen LogP contribution in [0.4, 0.5) is 5.69 Å². The monoisotopic (exact) mass is 383 g/mol. The Morgan fingerprint density at radius 2 is 1.92 bits per heavy atom. The molecule has 1 aromatic rings. The van der Waals surface area contributed by atoms with Crippen LogP contribution in [0.2, 0.25) is 5.02 Å². The number of nitro benzene ring substituents is 1. The van der Waals surface area contributed by atoms with E-state index in [0.717, 1.165) is 31.7 Å². The van der Waals surface area contributed by atoms with Crippen molar-refractivity contribution >= 4 is 29.1 Å². The summed E-state index contributed by atoms with van der Waals surface area (Å²) < 4.78 is 0. The smallest absolute Gasteiger partial charge is 0.270 e. The van der Waals surface area contributed by atoms with Gasteiger partial charge in [0.25, 0.3) is 11.6 Å². The van der Waals surface area contributed by atoms with Gasteiger partial charge in [-0.05, 0) is 18.4 Å². The maximum atomic E-state index is 12.4. The van der Waals surface area contributed by atoms with Crippen molar-refractivity contribution in [2.24, 2.45) is 5.92 Å². The molecule has 0 aromatic heterocycles. The van der Waals surface area contributed by atoms with Gasteiger partial charge in [-0.2, -0.15) is 0 Å². The highest BCUT2D eigenvalue weighted by molar-refractivity contribution is 6.34. The number of hydrogen-bond donors (Lipinski definition) is 2. The number of hydrogen-bond acceptors (Lipinski definition) is 4. The fourth-order valence-electron chi connectivity index (χ4n) is 2.43. The minimum Gasteiger partial charge on any atom is -0.354 e. The number of non-ortho nitro benzene ring substituents is 1. The zero-order chi connectivity index (χ0) is 19.7. The summed E-state index contributed by atoms with van der Waals surface area (Å²) in [5, 5.41) is 16.2. The SMILES string of the molecule is CCCCCCNC(=O)C(NC(=O)c1ccc([N+](=O)[O-])cc1Cl)C(C)C. The molecular formula is C18H26ClN3O4. The predicted molar refractivity (Wildman–Crippen MR) is 101 cm³/mol. The van der Waals surface area contributed by atoms with Gasteiger partial charge in [-0.3, -0.25) is 19.7 Å². The molecule has 7 nitrogen and oxygen atoms in total. The highest BCUT2D eigenvalue weighted by atomic mass is 35.5. The molecule has 0 aliphatic heterocycles. The van der Waals surface area contributed by atoms with Gasteiger partial charge < -0.3 is 10.6 Å². The van der Waals surface area contributed by atoms with Crippen LogP contribution in [0.25, 0.3) is 0 Å². The maximum absolute atomic E-state index is 12.4. The van der Waals surface area contributed by atoms with Crippen LogP contribution in [0.1, 0.15) is 56.8 Å². The molecular weight excluding hydrogens is 358 g/mol. The minimum atomic E-state index is -0.708. The number of unbranched alkanes of at least 4 members (excludes halogenated alkanes) is 3. The van der Waals surface area contributed by atoms with Gasteiger partial charge in [0.15, 0.2) is 0 Å². The topological polar surface area (TPSA) is 101 Å². The summed E-state index contributed by atoms with van der Waals surface area (Å²) in [7, 11) is 0. The van der Waals surface area contributed by atoms with Gasteiger partial charge in [0.1, 0.15) is 6.04 Å². The van der Waals surface area contributed by atoms with E-state index in [0.29, 0.717) is 6.54 Å². The van der Waals surface area contributed by atoms with Crippen molar-refractivity contribution in [1.29, 1.82) is 0 Å². The number of carbonyl (C=O) groups is 2. The number of nitrogens with zero attached hydrogens (tertiary/aromatic N) is 1. The molecule has 0 saturated carbocycles. The zero-order valence-electron chi connectivity index (χ0n) is 15.4. The third-order valence-corrected chi connectivity index (χ3v) is 4.29. The lowest BCUT2D eigenvalue weighted by Gasteiger charge is -2.22. The van der Waals surface area contributed by atoms with E-state index in [1.54, 1.807) is 0 Å². The molecule has 1 atom stereocenters. The van der Waals surface area contributed by atoms with E-state index >= 15 is 0 Å². The lowest BCUT2D eigenvalue weighted by Crippen LogP contribution is -2.49. The van der Waals surface area contributed by atoms with Crippen LogP contribution >= 0.6 is 11.6 Å². The van der Waals surface area contributed by atoms with Crippen molar-refractivity contribution in [3.63, 3.8) is 0 Å². The van der Waals surface area contributed by atoms with Crippen molar-refractivity contribution < 1.29 is 14.5 Å². The highest BCUT2D eigenvalue weighted by Gasteiger charge is 2.25. The molecule has 2 N–H and O–H groups in total. The highest BCUT2D eigenvalue weighted by Crippen LogP contribution is 2.22. The van der Waals surface area contributed by atoms with E-state index in [4.69, 9.17) is 11.6 Å². The van der Waals surface area contributed by atoms with Crippen LogP contribution < -0.4 is 10.6 Å². The van der Waals surface area contributed by atoms with Crippen LogP contribution in [-0.4, -0.2) is 29.3 Å². The predicted octanol–water partition coefficient (Wildman–Crippen LogP) is 3.70. The molecule has 0 bridgehead atoms. The van der Waals surface area contributed by atoms with E-state index < -0.39 is 16.9 Å². The van der Waals surface area contributed by atoms with Crippen molar-refractivity contribution in [2.75, 3.05) is 6.54 Å². The van der Waals surface area contributed by atoms with Gasteiger partial charge >= 0.3 is 0 Å². The van der Waals surface area contributed by atoms with Crippen LogP contribution in [0, 0.1) is 16.0 Å². The molecule has 0 aliphatic carbocycles. The summed E-state index contributed by atoms with van der Waals surface area (Å²) in [5.41, 5.74) is -0.101. The third-order valence-electron chi connectivity index (χ3n) is 3.97. The molecule has 144 valence electrons. The summed E-state index contributed by atoms with van der Waals surface area (Å²) in [4.78, 5) is 35.0. The van der Waals surface area contributed by atoms with E-state index in [1.807, 2.05) is 13.8 Å². The molecule has 26 heavy (non-hydrogen) atoms. The Bertz CT molecular complexity index is 649. The Hall–Kier alpha value is -2.15. The maximum Gasteiger partial charge on any atom is 0.270 e. The molecule has 0 radical (unpaired) electrons. The van der Waals surface area contributed by atoms with Gasteiger partial charge in [-0.15, -0.1) is 0 Å². The number of amides is 2. The largest absolute Gasteiger partial charge is 0.354 e. The van der Waals surface area contributed by atoms with Crippen LogP contribution in [0.15, 0.2) is 18.2 Å². The van der Waals surface area contributed by atoms with Crippen molar-refractivity contribution in [1.82, 2.24) is 10.6 Å². The van der Waals surface area contributed by atoms with E-state index in [9.17, 15) is 19.7 Å². The normalized spacial score (nSPS) is 11.9. The van der Waals surface area contributed by atoms with E-state index in [1.165, 1.54) is 12.1 Å². The first kappa shape index (κ1) is 21.9. The van der Waals surface area contributed by atoms with Crippen molar-refractivity contribution in [3.05, 3.63) is 38.9 Å². The van der Waals surface area contributed by atoms with E-state index in [2.05, 4.69) is 17.6 Å². The molecule has 0 saturated heterocycles. The Labute approximate surface area is 158 Å². The van der Waals surface area contributed by atoms with Crippen LogP contribution in [0.3, 0.4) is 0 Å². The number of nitrogens with one attached hydrogen (secondary N) is 2. The second-order valence-electron chi connectivity index (χ2n) is 6.47. The van der Waals surface area contributed by atoms with Gasteiger partial charge in [-0.25, -0.2) is 0 Å². The fourth-order valence-corrected chi connectivity index (χ4v) is 2.69. The Kier molecular flexibility index (Phi) is 9.05. The summed E-state index contributed by atoms with van der Waals surface area (Å²) in [5.74, 6) is -0.904. The Morgan fingerprint density at radius 1 is 1.23 bits per heavy atom. The molecule has 2 amide bonds. The number of rotatable bonds is 10. The molecule has 0 fully saturated rings. The Morgan fingerprint density at radius 3 is 2.46 bits per heavy atom. The number of nitro groups is 1. The minimum absolute atomic E-state index is 0.0285. The fraction of sp³-hybridized carbons (Fsp3) is 0.556. The Balaban J connectivity index is 2.73. The molecule has 0 heterocycles. The lowest BCUT2D eigenvalue weighted by atomic mass is 10.0. The summed E-state index contributed by atoms with van der Waals surface area (Å²) in [6.07, 6.45) is 4.19. The first-order valence-electron chi connectivity index (χ1n) is 8.80. The average Bonchev–Trinajstić information content (AvgIpc) is 2.58. The number of benzene rings is 1.